The molecule has 23 heavy (non-hydrogen) atoms. The van der Waals surface area contributed by atoms with Crippen LogP contribution in [0.1, 0.15) is 6.92 Å². The number of piperazine rings is 1. The van der Waals surface area contributed by atoms with E-state index >= 15 is 0 Å². The molecule has 1 amide bonds. The van der Waals surface area contributed by atoms with E-state index in [1.807, 2.05) is 6.92 Å². The number of sulfonamides is 1. The van der Waals surface area contributed by atoms with Crippen molar-refractivity contribution in [3.8, 4) is 5.75 Å². The number of hydrogen-bond acceptors (Lipinski definition) is 5. The van der Waals surface area contributed by atoms with Gasteiger partial charge in [0.05, 0.1) is 5.69 Å². The summed E-state index contributed by atoms with van der Waals surface area (Å²) in [4.78, 5) is 11.5. The molecule has 128 valence electrons. The molecule has 0 saturated carbocycles. The third kappa shape index (κ3) is 3.48. The molecule has 2 heterocycles. The van der Waals surface area contributed by atoms with Crippen LogP contribution in [0.5, 0.6) is 5.75 Å². The summed E-state index contributed by atoms with van der Waals surface area (Å²) in [6, 6.07) is 2.90. The summed E-state index contributed by atoms with van der Waals surface area (Å²) in [5, 5.41) is 5.82. The fourth-order valence-corrected chi connectivity index (χ4v) is 5.24. The van der Waals surface area contributed by atoms with Gasteiger partial charge in [0.25, 0.3) is 5.91 Å². The molecule has 7 nitrogen and oxygen atoms in total. The number of halogens is 2. The van der Waals surface area contributed by atoms with Crippen LogP contribution in [0.2, 0.25) is 0 Å². The van der Waals surface area contributed by atoms with Gasteiger partial charge in [-0.25, -0.2) is 8.42 Å². The Morgan fingerprint density at radius 2 is 2.13 bits per heavy atom. The molecule has 1 fully saturated rings. The summed E-state index contributed by atoms with van der Waals surface area (Å²) in [5.41, 5.74) is 0.468. The molecule has 10 heteroatoms. The topological polar surface area (TPSA) is 87.7 Å². The van der Waals surface area contributed by atoms with E-state index in [0.717, 1.165) is 0 Å². The van der Waals surface area contributed by atoms with Crippen molar-refractivity contribution in [2.75, 3.05) is 31.6 Å². The lowest BCUT2D eigenvalue weighted by Crippen LogP contribution is -2.52. The van der Waals surface area contributed by atoms with Gasteiger partial charge in [-0.05, 0) is 28.9 Å². The Bertz CT molecular complexity index is 728. The van der Waals surface area contributed by atoms with Gasteiger partial charge >= 0.3 is 0 Å². The second-order valence-corrected chi connectivity index (χ2v) is 8.00. The lowest BCUT2D eigenvalue weighted by Gasteiger charge is -2.33. The standard InChI is InChI=1S/C13H16BrN3O4S.ClH/c1-8-6-15-2-3-17(8)22(19,20)12-5-11-10(4-9(12)14)16-13(18)7-21-11;/h4-5,8,15H,2-3,6-7H2,1H3,(H,16,18);1H. The molecule has 1 atom stereocenters. The van der Waals surface area contributed by atoms with Crippen molar-refractivity contribution in [3.05, 3.63) is 16.6 Å². The number of amides is 1. The van der Waals surface area contributed by atoms with Gasteiger partial charge < -0.3 is 15.4 Å². The van der Waals surface area contributed by atoms with Crippen molar-refractivity contribution in [2.24, 2.45) is 0 Å². The van der Waals surface area contributed by atoms with Gasteiger partial charge in [0.15, 0.2) is 6.61 Å². The largest absolute Gasteiger partial charge is 0.482 e. The highest BCUT2D eigenvalue weighted by Crippen LogP contribution is 2.37. The molecule has 2 aliphatic rings. The minimum absolute atomic E-state index is 0. The number of carbonyl (C=O) groups excluding carboxylic acids is 1. The van der Waals surface area contributed by atoms with Gasteiger partial charge in [-0.15, -0.1) is 12.4 Å². The van der Waals surface area contributed by atoms with Crippen LogP contribution in [0.15, 0.2) is 21.5 Å². The number of ether oxygens (including phenoxy) is 1. The second kappa shape index (κ2) is 6.94. The predicted octanol–water partition coefficient (Wildman–Crippen LogP) is 1.18. The highest BCUT2D eigenvalue weighted by molar-refractivity contribution is 9.10. The SMILES string of the molecule is CC1CNCCN1S(=O)(=O)c1cc2c(cc1Br)NC(=O)CO2.Cl. The lowest BCUT2D eigenvalue weighted by atomic mass is 10.2. The Balaban J connectivity index is 0.00000192. The normalized spacial score (nSPS) is 21.7. The number of benzene rings is 1. The van der Waals surface area contributed by atoms with Gasteiger partial charge in [0, 0.05) is 36.2 Å². The summed E-state index contributed by atoms with van der Waals surface area (Å²) >= 11 is 3.29. The Labute approximate surface area is 149 Å². The van der Waals surface area contributed by atoms with E-state index in [2.05, 4.69) is 26.6 Å². The predicted molar refractivity (Wildman–Crippen MR) is 91.7 cm³/mol. The number of rotatable bonds is 2. The monoisotopic (exact) mass is 425 g/mol. The van der Waals surface area contributed by atoms with Crippen molar-refractivity contribution in [2.45, 2.75) is 17.9 Å². The number of anilines is 1. The first kappa shape index (κ1) is 18.5. The van der Waals surface area contributed by atoms with Gasteiger partial charge in [-0.1, -0.05) is 0 Å². The maximum absolute atomic E-state index is 12.9. The summed E-state index contributed by atoms with van der Waals surface area (Å²) in [6.07, 6.45) is 0. The average Bonchev–Trinajstić information content (AvgIpc) is 2.46. The van der Waals surface area contributed by atoms with Crippen molar-refractivity contribution in [1.29, 1.82) is 0 Å². The molecule has 1 unspecified atom stereocenters. The third-order valence-electron chi connectivity index (χ3n) is 3.69. The Morgan fingerprint density at radius 1 is 1.39 bits per heavy atom. The quantitative estimate of drug-likeness (QED) is 0.741. The zero-order valence-electron chi connectivity index (χ0n) is 12.3. The van der Waals surface area contributed by atoms with Crippen LogP contribution in [0.25, 0.3) is 0 Å². The number of carbonyl (C=O) groups is 1. The van der Waals surface area contributed by atoms with Gasteiger partial charge in [-0.3, -0.25) is 4.79 Å². The molecule has 0 bridgehead atoms. The molecule has 1 saturated heterocycles. The molecule has 0 radical (unpaired) electrons. The molecule has 2 aliphatic heterocycles. The summed E-state index contributed by atoms with van der Waals surface area (Å²) in [6.45, 7) is 3.42. The van der Waals surface area contributed by atoms with E-state index in [0.29, 0.717) is 35.5 Å². The van der Waals surface area contributed by atoms with Crippen molar-refractivity contribution in [1.82, 2.24) is 9.62 Å². The van der Waals surface area contributed by atoms with Crippen LogP contribution in [0, 0.1) is 0 Å². The fourth-order valence-electron chi connectivity index (χ4n) is 2.58. The lowest BCUT2D eigenvalue weighted by molar-refractivity contribution is -0.118. The van der Waals surface area contributed by atoms with Gasteiger partial charge in [-0.2, -0.15) is 4.31 Å². The summed E-state index contributed by atoms with van der Waals surface area (Å²) in [7, 11) is -3.64. The van der Waals surface area contributed by atoms with E-state index in [9.17, 15) is 13.2 Å². The van der Waals surface area contributed by atoms with Gasteiger partial charge in [0.2, 0.25) is 10.0 Å². The summed E-state index contributed by atoms with van der Waals surface area (Å²) in [5.74, 6) is 0.106. The summed E-state index contributed by atoms with van der Waals surface area (Å²) < 4.78 is 33.0. The minimum atomic E-state index is -3.64. The van der Waals surface area contributed by atoms with Crippen LogP contribution in [0.4, 0.5) is 5.69 Å². The first-order valence-electron chi connectivity index (χ1n) is 6.88. The minimum Gasteiger partial charge on any atom is -0.482 e. The van der Waals surface area contributed by atoms with E-state index in [1.165, 1.54) is 10.4 Å². The maximum atomic E-state index is 12.9. The molecule has 0 aromatic heterocycles. The molecule has 0 aliphatic carbocycles. The number of fused-ring (bicyclic) bond motifs is 1. The molecule has 1 aromatic carbocycles. The molecular weight excluding hydrogens is 410 g/mol. The van der Waals surface area contributed by atoms with Crippen LogP contribution in [0.3, 0.4) is 0 Å². The van der Waals surface area contributed by atoms with E-state index in [-0.39, 0.29) is 35.9 Å². The molecular formula is C13H17BrClN3O4S. The number of nitrogens with zero attached hydrogens (tertiary/aromatic N) is 1. The average molecular weight is 427 g/mol. The van der Waals surface area contributed by atoms with E-state index in [4.69, 9.17) is 4.74 Å². The zero-order valence-corrected chi connectivity index (χ0v) is 15.6. The Kier molecular flexibility index (Phi) is 5.57. The molecule has 3 rings (SSSR count). The molecule has 0 spiro atoms. The number of hydrogen-bond donors (Lipinski definition) is 2. The van der Waals surface area contributed by atoms with E-state index in [1.54, 1.807) is 6.07 Å². The van der Waals surface area contributed by atoms with Crippen molar-refractivity contribution < 1.29 is 17.9 Å². The zero-order chi connectivity index (χ0) is 15.9. The highest BCUT2D eigenvalue weighted by atomic mass is 79.9. The first-order chi connectivity index (χ1) is 10.4. The first-order valence-corrected chi connectivity index (χ1v) is 9.11. The van der Waals surface area contributed by atoms with Crippen molar-refractivity contribution >= 4 is 50.0 Å². The van der Waals surface area contributed by atoms with Crippen LogP contribution < -0.4 is 15.4 Å². The van der Waals surface area contributed by atoms with Crippen LogP contribution >= 0.6 is 28.3 Å². The molecule has 2 N–H and O–H groups in total. The third-order valence-corrected chi connectivity index (χ3v) is 6.67. The Morgan fingerprint density at radius 3 is 2.83 bits per heavy atom. The van der Waals surface area contributed by atoms with Crippen molar-refractivity contribution in [3.63, 3.8) is 0 Å². The van der Waals surface area contributed by atoms with Crippen LogP contribution in [-0.4, -0.2) is 50.9 Å². The van der Waals surface area contributed by atoms with Crippen LogP contribution in [-0.2, 0) is 14.8 Å². The highest BCUT2D eigenvalue weighted by Gasteiger charge is 2.33. The second-order valence-electron chi connectivity index (χ2n) is 5.28. The maximum Gasteiger partial charge on any atom is 0.262 e. The van der Waals surface area contributed by atoms with Gasteiger partial charge in [0.1, 0.15) is 10.6 Å². The Hall–Kier alpha value is -0.870. The smallest absolute Gasteiger partial charge is 0.262 e. The fraction of sp³-hybridized carbons (Fsp3) is 0.462. The van der Waals surface area contributed by atoms with E-state index < -0.39 is 10.0 Å². The number of nitrogens with one attached hydrogen (secondary N) is 2. The molecule has 1 aromatic rings.